The molecule has 1 saturated heterocycles. The molecule has 0 saturated carbocycles. The molecule has 1 aliphatic heterocycles. The van der Waals surface area contributed by atoms with E-state index in [1.54, 1.807) is 0 Å². The third kappa shape index (κ3) is 30.0. The molecule has 0 radical (unpaired) electrons. The molecule has 2 unspecified atom stereocenters. The molecule has 1 rings (SSSR count). The highest BCUT2D eigenvalue weighted by Gasteiger charge is 2.40. The minimum Gasteiger partial charge on any atom is -0.375 e. The Morgan fingerprint density at radius 3 is 1.48 bits per heavy atom. The maximum absolute atomic E-state index is 6.71. The number of rotatable bonds is 44. The molecule has 1 heterocycles. The Morgan fingerprint density at radius 2 is 0.964 bits per heavy atom. The molecule has 0 amide bonds. The van der Waals surface area contributed by atoms with Gasteiger partial charge in [-0.25, -0.2) is 0 Å². The average molecular weight is 792 g/mol. The van der Waals surface area contributed by atoms with Gasteiger partial charge in [-0.3, -0.25) is 0 Å². The SMILES string of the molecule is CCCCCCC(C)(CCCCCC)OCC(C)CCCCCCCCN(CCCC)CCCCCCCCC1COC(CCCCCC)(CCCCCC)O1. The fraction of sp³-hybridized carbons (Fsp3) is 1.00. The van der Waals surface area contributed by atoms with Crippen LogP contribution in [0.3, 0.4) is 0 Å². The first-order valence-corrected chi connectivity index (χ1v) is 26.0. The maximum Gasteiger partial charge on any atom is 0.168 e. The van der Waals surface area contributed by atoms with Crippen molar-refractivity contribution in [2.75, 3.05) is 32.8 Å². The Labute approximate surface area is 353 Å². The topological polar surface area (TPSA) is 30.9 Å². The van der Waals surface area contributed by atoms with Gasteiger partial charge >= 0.3 is 0 Å². The van der Waals surface area contributed by atoms with Crippen LogP contribution < -0.4 is 0 Å². The van der Waals surface area contributed by atoms with Crippen molar-refractivity contribution in [2.45, 2.75) is 297 Å². The highest BCUT2D eigenvalue weighted by atomic mass is 16.7. The molecule has 1 aliphatic rings. The summed E-state index contributed by atoms with van der Waals surface area (Å²) in [7, 11) is 0. The fourth-order valence-electron chi connectivity index (χ4n) is 9.00. The van der Waals surface area contributed by atoms with Gasteiger partial charge in [0, 0.05) is 19.4 Å². The fourth-order valence-corrected chi connectivity index (χ4v) is 9.00. The zero-order valence-corrected chi connectivity index (χ0v) is 39.8. The lowest BCUT2D eigenvalue weighted by atomic mass is 9.91. The van der Waals surface area contributed by atoms with E-state index >= 15 is 0 Å². The largest absolute Gasteiger partial charge is 0.375 e. The smallest absolute Gasteiger partial charge is 0.168 e. The first kappa shape index (κ1) is 53.9. The van der Waals surface area contributed by atoms with Crippen LogP contribution in [0.25, 0.3) is 0 Å². The Balaban J connectivity index is 2.17. The van der Waals surface area contributed by atoms with Crippen molar-refractivity contribution in [1.82, 2.24) is 4.90 Å². The van der Waals surface area contributed by atoms with Crippen molar-refractivity contribution < 1.29 is 14.2 Å². The second-order valence-corrected chi connectivity index (χ2v) is 19.1. The molecule has 0 N–H and O–H groups in total. The average Bonchev–Trinajstić information content (AvgIpc) is 3.61. The van der Waals surface area contributed by atoms with Crippen LogP contribution in [-0.4, -0.2) is 55.2 Å². The van der Waals surface area contributed by atoms with Crippen LogP contribution in [0.4, 0.5) is 0 Å². The van der Waals surface area contributed by atoms with Gasteiger partial charge in [0.1, 0.15) is 0 Å². The minimum atomic E-state index is -0.270. The highest BCUT2D eigenvalue weighted by Crippen LogP contribution is 2.36. The third-order valence-electron chi connectivity index (χ3n) is 13.1. The first-order valence-electron chi connectivity index (χ1n) is 26.0. The van der Waals surface area contributed by atoms with Gasteiger partial charge in [0.25, 0.3) is 0 Å². The van der Waals surface area contributed by atoms with E-state index in [1.807, 2.05) is 0 Å². The summed E-state index contributed by atoms with van der Waals surface area (Å²) in [6, 6.07) is 0. The van der Waals surface area contributed by atoms with Crippen LogP contribution in [0.1, 0.15) is 280 Å². The Kier molecular flexibility index (Phi) is 36.4. The molecule has 336 valence electrons. The number of unbranched alkanes of at least 4 members (excludes halogenated alkanes) is 23. The zero-order chi connectivity index (χ0) is 40.8. The van der Waals surface area contributed by atoms with Crippen molar-refractivity contribution in [3.8, 4) is 0 Å². The monoisotopic (exact) mass is 792 g/mol. The summed E-state index contributed by atoms with van der Waals surface area (Å²) in [6.07, 6.45) is 47.9. The quantitative estimate of drug-likeness (QED) is 0.0575. The number of hydrogen-bond acceptors (Lipinski definition) is 4. The molecule has 4 heteroatoms. The molecule has 0 spiro atoms. The Bertz CT molecular complexity index is 779. The van der Waals surface area contributed by atoms with Crippen LogP contribution in [0.15, 0.2) is 0 Å². The minimum absolute atomic E-state index is 0.0942. The lowest BCUT2D eigenvalue weighted by Gasteiger charge is -2.32. The summed E-state index contributed by atoms with van der Waals surface area (Å²) in [5.41, 5.74) is 0.0942. The Hall–Kier alpha value is -0.160. The molecule has 0 bridgehead atoms. The standard InChI is InChI=1S/C52H105NO3/c1-8-13-18-32-40-51(7,41-33-19-14-9-2)54-47-49(6)38-30-26-22-24-28-36-45-53(44-17-12-5)46-37-29-25-23-27-31-39-50-48-55-52(56-50,42-34-20-15-10-3)43-35-21-16-11-4/h49-50H,8-48H2,1-7H3. The molecule has 56 heavy (non-hydrogen) atoms. The molecular weight excluding hydrogens is 687 g/mol. The van der Waals surface area contributed by atoms with Gasteiger partial charge in [0.15, 0.2) is 5.79 Å². The van der Waals surface area contributed by atoms with Gasteiger partial charge in [0.05, 0.1) is 18.3 Å². The van der Waals surface area contributed by atoms with Crippen molar-refractivity contribution >= 4 is 0 Å². The predicted octanol–water partition coefficient (Wildman–Crippen LogP) is 17.0. The zero-order valence-electron chi connectivity index (χ0n) is 39.8. The van der Waals surface area contributed by atoms with E-state index in [1.165, 1.54) is 238 Å². The predicted molar refractivity (Wildman–Crippen MR) is 248 cm³/mol. The van der Waals surface area contributed by atoms with Crippen molar-refractivity contribution in [3.05, 3.63) is 0 Å². The molecule has 2 atom stereocenters. The summed E-state index contributed by atoms with van der Waals surface area (Å²) < 4.78 is 19.9. The number of nitrogens with zero attached hydrogens (tertiary/aromatic N) is 1. The van der Waals surface area contributed by atoms with Crippen LogP contribution in [0, 0.1) is 5.92 Å². The van der Waals surface area contributed by atoms with Crippen LogP contribution in [0.2, 0.25) is 0 Å². The van der Waals surface area contributed by atoms with Gasteiger partial charge in [-0.1, -0.05) is 202 Å². The van der Waals surface area contributed by atoms with Crippen molar-refractivity contribution in [1.29, 1.82) is 0 Å². The van der Waals surface area contributed by atoms with Gasteiger partial charge in [-0.15, -0.1) is 0 Å². The molecule has 0 aliphatic carbocycles. The van der Waals surface area contributed by atoms with E-state index in [-0.39, 0.29) is 11.4 Å². The summed E-state index contributed by atoms with van der Waals surface area (Å²) in [5.74, 6) is 0.415. The summed E-state index contributed by atoms with van der Waals surface area (Å²) >= 11 is 0. The maximum atomic E-state index is 6.71. The third-order valence-corrected chi connectivity index (χ3v) is 13.1. The molecule has 0 aromatic heterocycles. The summed E-state index contributed by atoms with van der Waals surface area (Å²) in [6.45, 7) is 22.1. The Morgan fingerprint density at radius 1 is 0.536 bits per heavy atom. The van der Waals surface area contributed by atoms with Crippen LogP contribution >= 0.6 is 0 Å². The van der Waals surface area contributed by atoms with Crippen LogP contribution in [-0.2, 0) is 14.2 Å². The van der Waals surface area contributed by atoms with E-state index in [0.717, 1.165) is 26.1 Å². The molecule has 0 aromatic carbocycles. The van der Waals surface area contributed by atoms with Crippen molar-refractivity contribution in [2.24, 2.45) is 5.92 Å². The normalized spacial score (nSPS) is 16.4. The molecule has 4 nitrogen and oxygen atoms in total. The lowest BCUT2D eigenvalue weighted by Crippen LogP contribution is -2.31. The van der Waals surface area contributed by atoms with E-state index in [4.69, 9.17) is 14.2 Å². The highest BCUT2D eigenvalue weighted by molar-refractivity contribution is 4.80. The number of hydrogen-bond donors (Lipinski definition) is 0. The van der Waals surface area contributed by atoms with E-state index < -0.39 is 0 Å². The van der Waals surface area contributed by atoms with Gasteiger partial charge < -0.3 is 19.1 Å². The molecule has 0 aromatic rings. The second kappa shape index (κ2) is 37.8. The van der Waals surface area contributed by atoms with Crippen LogP contribution in [0.5, 0.6) is 0 Å². The summed E-state index contributed by atoms with van der Waals surface area (Å²) in [5, 5.41) is 0. The van der Waals surface area contributed by atoms with Crippen molar-refractivity contribution in [3.63, 3.8) is 0 Å². The van der Waals surface area contributed by atoms with E-state index in [0.29, 0.717) is 12.0 Å². The number of ether oxygens (including phenoxy) is 3. The van der Waals surface area contributed by atoms with E-state index in [9.17, 15) is 0 Å². The van der Waals surface area contributed by atoms with Gasteiger partial charge in [-0.2, -0.15) is 0 Å². The second-order valence-electron chi connectivity index (χ2n) is 19.1. The van der Waals surface area contributed by atoms with Gasteiger partial charge in [0.2, 0.25) is 0 Å². The van der Waals surface area contributed by atoms with Gasteiger partial charge in [-0.05, 0) is 90.3 Å². The summed E-state index contributed by atoms with van der Waals surface area (Å²) in [4.78, 5) is 2.79. The van der Waals surface area contributed by atoms with E-state index in [2.05, 4.69) is 53.4 Å². The first-order chi connectivity index (χ1) is 27.4. The molecular formula is C52H105NO3. The lowest BCUT2D eigenvalue weighted by molar-refractivity contribution is -0.180. The molecule has 1 fully saturated rings.